The summed E-state index contributed by atoms with van der Waals surface area (Å²) in [7, 11) is 0.267. The van der Waals surface area contributed by atoms with Crippen LogP contribution < -0.4 is 20.1 Å². The number of benzene rings is 1. The molecule has 1 rings (SSSR count). The predicted molar refractivity (Wildman–Crippen MR) is 131 cm³/mol. The lowest BCUT2D eigenvalue weighted by Crippen LogP contribution is -2.43. The number of rotatable bonds is 10. The third-order valence-corrected chi connectivity index (χ3v) is 5.42. The monoisotopic (exact) mass is 541 g/mol. The molecule has 0 aliphatic heterocycles. The number of nitrogens with one attached hydrogen (secondary N) is 2. The summed E-state index contributed by atoms with van der Waals surface area (Å²) in [4.78, 5) is 4.72. The number of halogens is 1. The molecule has 1 aromatic rings. The molecule has 0 aliphatic rings. The lowest BCUT2D eigenvalue weighted by molar-refractivity contribution is 0.353. The van der Waals surface area contributed by atoms with E-state index in [-0.39, 0.29) is 41.2 Å². The van der Waals surface area contributed by atoms with Gasteiger partial charge in [0.1, 0.15) is 9.84 Å². The number of hydrogen-bond acceptors (Lipinski definition) is 5. The van der Waals surface area contributed by atoms with Crippen LogP contribution in [-0.2, 0) is 15.3 Å². The van der Waals surface area contributed by atoms with Gasteiger partial charge in [0, 0.05) is 24.3 Å². The van der Waals surface area contributed by atoms with Crippen molar-refractivity contribution in [3.8, 4) is 11.5 Å². The fraction of sp³-hybridized carbons (Fsp3) is 0.650. The molecule has 0 aliphatic carbocycles. The van der Waals surface area contributed by atoms with Gasteiger partial charge in [-0.05, 0) is 38.0 Å². The minimum absolute atomic E-state index is 0. The van der Waals surface area contributed by atoms with Gasteiger partial charge < -0.3 is 20.1 Å². The van der Waals surface area contributed by atoms with Crippen LogP contribution in [0.3, 0.4) is 0 Å². The summed E-state index contributed by atoms with van der Waals surface area (Å²) in [5, 5.41) is 6.51. The van der Waals surface area contributed by atoms with Crippen LogP contribution >= 0.6 is 24.0 Å². The van der Waals surface area contributed by atoms with Crippen molar-refractivity contribution in [2.24, 2.45) is 4.99 Å². The van der Waals surface area contributed by atoms with Crippen LogP contribution in [0.15, 0.2) is 23.2 Å². The average molecular weight is 541 g/mol. The van der Waals surface area contributed by atoms with Gasteiger partial charge in [-0.15, -0.1) is 24.0 Å². The van der Waals surface area contributed by atoms with Gasteiger partial charge in [0.25, 0.3) is 0 Å². The second-order valence-electron chi connectivity index (χ2n) is 7.61. The molecule has 0 heterocycles. The SMILES string of the molecule is CCNC(=NCC(C)(C)c1ccc(OC)c(OC)c1)NC(C)CCS(C)(=O)=O.I. The van der Waals surface area contributed by atoms with Gasteiger partial charge in [-0.3, -0.25) is 4.99 Å². The van der Waals surface area contributed by atoms with Gasteiger partial charge >= 0.3 is 0 Å². The van der Waals surface area contributed by atoms with Crippen molar-refractivity contribution in [2.45, 2.75) is 45.6 Å². The highest BCUT2D eigenvalue weighted by atomic mass is 127. The zero-order chi connectivity index (χ0) is 21.4. The smallest absolute Gasteiger partial charge is 0.191 e. The van der Waals surface area contributed by atoms with Crippen LogP contribution in [0.5, 0.6) is 11.5 Å². The van der Waals surface area contributed by atoms with E-state index in [1.165, 1.54) is 6.26 Å². The number of sulfone groups is 1. The molecule has 1 aromatic carbocycles. The van der Waals surface area contributed by atoms with Gasteiger partial charge in [-0.1, -0.05) is 19.9 Å². The lowest BCUT2D eigenvalue weighted by Gasteiger charge is -2.25. The maximum atomic E-state index is 11.4. The van der Waals surface area contributed by atoms with Gasteiger partial charge in [-0.2, -0.15) is 0 Å². The highest BCUT2D eigenvalue weighted by Crippen LogP contribution is 2.33. The van der Waals surface area contributed by atoms with E-state index in [2.05, 4.69) is 24.5 Å². The quantitative estimate of drug-likeness (QED) is 0.269. The van der Waals surface area contributed by atoms with Crippen LogP contribution in [0.25, 0.3) is 0 Å². The molecule has 0 fully saturated rings. The topological polar surface area (TPSA) is 89.0 Å². The number of hydrogen-bond donors (Lipinski definition) is 2. The third-order valence-electron chi connectivity index (χ3n) is 4.45. The molecule has 9 heteroatoms. The van der Waals surface area contributed by atoms with Crippen molar-refractivity contribution in [1.29, 1.82) is 0 Å². The van der Waals surface area contributed by atoms with Crippen molar-refractivity contribution in [2.75, 3.05) is 39.3 Å². The standard InChI is InChI=1S/C20H35N3O4S.HI/c1-8-21-19(23-15(2)11-12-28(7,24)25)22-14-20(3,4)16-9-10-17(26-5)18(13-16)27-6;/h9-10,13,15H,8,11-12,14H2,1-7H3,(H2,21,22,23);1H. The van der Waals surface area contributed by atoms with Gasteiger partial charge in [0.05, 0.1) is 26.5 Å². The highest BCUT2D eigenvalue weighted by molar-refractivity contribution is 14.0. The van der Waals surface area contributed by atoms with E-state index in [1.807, 2.05) is 32.0 Å². The van der Waals surface area contributed by atoms with Crippen LogP contribution in [-0.4, -0.2) is 59.7 Å². The van der Waals surface area contributed by atoms with E-state index in [9.17, 15) is 8.42 Å². The fourth-order valence-corrected chi connectivity index (χ4v) is 3.42. The van der Waals surface area contributed by atoms with E-state index in [0.717, 1.165) is 12.1 Å². The first kappa shape index (κ1) is 27.8. The Kier molecular flexibility index (Phi) is 11.9. The summed E-state index contributed by atoms with van der Waals surface area (Å²) < 4.78 is 33.5. The van der Waals surface area contributed by atoms with E-state index in [0.29, 0.717) is 30.4 Å². The second kappa shape index (κ2) is 12.5. The van der Waals surface area contributed by atoms with Crippen molar-refractivity contribution in [3.05, 3.63) is 23.8 Å². The molecule has 1 atom stereocenters. The number of methoxy groups -OCH3 is 2. The molecule has 2 N–H and O–H groups in total. The van der Waals surface area contributed by atoms with Crippen molar-refractivity contribution >= 4 is 39.8 Å². The van der Waals surface area contributed by atoms with Crippen molar-refractivity contribution < 1.29 is 17.9 Å². The Bertz CT molecular complexity index is 767. The van der Waals surface area contributed by atoms with E-state index < -0.39 is 9.84 Å². The zero-order valence-electron chi connectivity index (χ0n) is 18.5. The molecular formula is C20H36IN3O4S. The Morgan fingerprint density at radius 3 is 2.34 bits per heavy atom. The Labute approximate surface area is 193 Å². The molecule has 0 saturated heterocycles. The Hall–Kier alpha value is -1.23. The highest BCUT2D eigenvalue weighted by Gasteiger charge is 2.22. The molecule has 0 bridgehead atoms. The molecule has 0 radical (unpaired) electrons. The number of aliphatic imine (C=N–C) groups is 1. The van der Waals surface area contributed by atoms with Crippen molar-refractivity contribution in [1.82, 2.24) is 10.6 Å². The van der Waals surface area contributed by atoms with Gasteiger partial charge in [0.2, 0.25) is 0 Å². The number of ether oxygens (including phenoxy) is 2. The molecule has 0 saturated carbocycles. The Balaban J connectivity index is 0.00000784. The second-order valence-corrected chi connectivity index (χ2v) is 9.87. The fourth-order valence-electron chi connectivity index (χ4n) is 2.64. The minimum atomic E-state index is -2.97. The van der Waals surface area contributed by atoms with E-state index >= 15 is 0 Å². The zero-order valence-corrected chi connectivity index (χ0v) is 21.7. The molecule has 7 nitrogen and oxygen atoms in total. The number of nitrogens with zero attached hydrogens (tertiary/aromatic N) is 1. The molecule has 0 spiro atoms. The Morgan fingerprint density at radius 1 is 1.21 bits per heavy atom. The molecule has 1 unspecified atom stereocenters. The summed E-state index contributed by atoms with van der Waals surface area (Å²) in [6, 6.07) is 5.89. The summed E-state index contributed by atoms with van der Waals surface area (Å²) in [6.07, 6.45) is 1.78. The maximum Gasteiger partial charge on any atom is 0.191 e. The lowest BCUT2D eigenvalue weighted by atomic mass is 9.84. The van der Waals surface area contributed by atoms with Crippen LogP contribution in [0.4, 0.5) is 0 Å². The first-order valence-electron chi connectivity index (χ1n) is 9.47. The van der Waals surface area contributed by atoms with E-state index in [4.69, 9.17) is 14.5 Å². The summed E-state index contributed by atoms with van der Waals surface area (Å²) >= 11 is 0. The minimum Gasteiger partial charge on any atom is -0.493 e. The molecule has 29 heavy (non-hydrogen) atoms. The molecule has 168 valence electrons. The largest absolute Gasteiger partial charge is 0.493 e. The average Bonchev–Trinajstić information content (AvgIpc) is 2.63. The summed E-state index contributed by atoms with van der Waals surface area (Å²) in [5.41, 5.74) is 0.868. The molecule has 0 aromatic heterocycles. The van der Waals surface area contributed by atoms with Crippen LogP contribution in [0.1, 0.15) is 39.7 Å². The Morgan fingerprint density at radius 2 is 1.83 bits per heavy atom. The normalized spacial score (nSPS) is 13.3. The third kappa shape index (κ3) is 9.88. The summed E-state index contributed by atoms with van der Waals surface area (Å²) in [6.45, 7) is 9.47. The first-order valence-corrected chi connectivity index (χ1v) is 11.5. The van der Waals surface area contributed by atoms with Crippen LogP contribution in [0.2, 0.25) is 0 Å². The van der Waals surface area contributed by atoms with Crippen molar-refractivity contribution in [3.63, 3.8) is 0 Å². The van der Waals surface area contributed by atoms with Gasteiger partial charge in [-0.25, -0.2) is 8.42 Å². The molecular weight excluding hydrogens is 505 g/mol. The summed E-state index contributed by atoms with van der Waals surface area (Å²) in [5.74, 6) is 2.21. The first-order chi connectivity index (χ1) is 13.0. The van der Waals surface area contributed by atoms with Crippen LogP contribution in [0, 0.1) is 0 Å². The van der Waals surface area contributed by atoms with E-state index in [1.54, 1.807) is 14.2 Å². The maximum absolute atomic E-state index is 11.4. The number of guanidine groups is 1. The predicted octanol–water partition coefficient (Wildman–Crippen LogP) is 2.98. The molecule has 0 amide bonds. The van der Waals surface area contributed by atoms with Gasteiger partial charge in [0.15, 0.2) is 17.5 Å².